The molecule has 1 radical (unpaired) electrons. The highest BCUT2D eigenvalue weighted by atomic mass is 16.6. The molecule has 2 rings (SSSR count). The van der Waals surface area contributed by atoms with Crippen molar-refractivity contribution in [2.75, 3.05) is 13.2 Å². The van der Waals surface area contributed by atoms with Gasteiger partial charge in [0.2, 0.25) is 0 Å². The molecule has 0 spiro atoms. The van der Waals surface area contributed by atoms with Gasteiger partial charge in [-0.3, -0.25) is 0 Å². The zero-order valence-electron chi connectivity index (χ0n) is 5.12. The first kappa shape index (κ1) is 5.65. The molecule has 0 aliphatic carbocycles. The van der Waals surface area contributed by atoms with Gasteiger partial charge in [0.15, 0.2) is 0 Å². The van der Waals surface area contributed by atoms with Gasteiger partial charge in [0.1, 0.15) is 6.10 Å². The fraction of sp³-hybridized carbons (Fsp3) is 0.833. The van der Waals surface area contributed by atoms with E-state index in [1.807, 2.05) is 6.42 Å². The summed E-state index contributed by atoms with van der Waals surface area (Å²) in [7, 11) is 0. The molecule has 3 heteroatoms. The maximum Gasteiger partial charge on any atom is 0.101 e. The number of ether oxygens (including phenoxy) is 2. The zero-order valence-corrected chi connectivity index (χ0v) is 5.12. The van der Waals surface area contributed by atoms with Crippen LogP contribution in [0, 0.1) is 6.42 Å². The molecule has 0 aromatic heterocycles. The second-order valence-corrected chi connectivity index (χ2v) is 2.50. The maximum absolute atomic E-state index is 5.65. The van der Waals surface area contributed by atoms with E-state index in [0.29, 0.717) is 13.2 Å². The summed E-state index contributed by atoms with van der Waals surface area (Å²) in [5, 5.41) is 0. The minimum Gasteiger partial charge on any atom is -0.373 e. The highest BCUT2D eigenvalue weighted by Crippen LogP contribution is 2.23. The number of fused-ring (bicyclic) bond motifs is 1. The van der Waals surface area contributed by atoms with E-state index >= 15 is 0 Å². The van der Waals surface area contributed by atoms with Crippen LogP contribution in [0.2, 0.25) is 0 Å². The summed E-state index contributed by atoms with van der Waals surface area (Å²) in [6.07, 6.45) is 2.35. The Morgan fingerprint density at radius 1 is 1.44 bits per heavy atom. The first-order valence-electron chi connectivity index (χ1n) is 3.20. The monoisotopic (exact) mass is 128 g/mol. The van der Waals surface area contributed by atoms with Gasteiger partial charge in [-0.2, -0.15) is 0 Å². The molecule has 0 unspecified atom stereocenters. The molecule has 0 bridgehead atoms. The molecule has 0 saturated carbocycles. The van der Waals surface area contributed by atoms with Crippen LogP contribution in [0.1, 0.15) is 0 Å². The Balaban J connectivity index is 2.07. The minimum absolute atomic E-state index is 0.0914. The molecular formula is C6H10NO2. The Kier molecular flexibility index (Phi) is 1.22. The van der Waals surface area contributed by atoms with Crippen molar-refractivity contribution >= 4 is 0 Å². The van der Waals surface area contributed by atoms with Crippen molar-refractivity contribution in [2.45, 2.75) is 18.2 Å². The summed E-state index contributed by atoms with van der Waals surface area (Å²) in [6, 6.07) is 0.0914. The first-order valence-corrected chi connectivity index (χ1v) is 3.20. The molecule has 0 amide bonds. The number of hydrogen-bond acceptors (Lipinski definition) is 3. The molecule has 2 aliphatic heterocycles. The molecule has 51 valence electrons. The Morgan fingerprint density at radius 2 is 2.33 bits per heavy atom. The number of hydrogen-bond donors (Lipinski definition) is 1. The fourth-order valence-corrected chi connectivity index (χ4v) is 1.34. The van der Waals surface area contributed by atoms with Gasteiger partial charge in [0.05, 0.1) is 25.4 Å². The molecular weight excluding hydrogens is 118 g/mol. The number of rotatable bonds is 0. The maximum atomic E-state index is 5.65. The smallest absolute Gasteiger partial charge is 0.101 e. The third-order valence-corrected chi connectivity index (χ3v) is 1.84. The SMILES string of the molecule is N[C@H]1CO[C@H]2[CH]CO[C@@H]21. The van der Waals surface area contributed by atoms with E-state index in [1.165, 1.54) is 0 Å². The van der Waals surface area contributed by atoms with E-state index < -0.39 is 0 Å². The average Bonchev–Trinajstić information content (AvgIpc) is 2.35. The predicted molar refractivity (Wildman–Crippen MR) is 31.8 cm³/mol. The lowest BCUT2D eigenvalue weighted by molar-refractivity contribution is 0.0731. The molecule has 2 saturated heterocycles. The number of nitrogens with two attached hydrogens (primary N) is 1. The summed E-state index contributed by atoms with van der Waals surface area (Å²) >= 11 is 0. The van der Waals surface area contributed by atoms with Crippen LogP contribution in [-0.2, 0) is 9.47 Å². The zero-order chi connectivity index (χ0) is 6.27. The summed E-state index contributed by atoms with van der Waals surface area (Å²) in [4.78, 5) is 0. The van der Waals surface area contributed by atoms with Gasteiger partial charge in [-0.1, -0.05) is 0 Å². The first-order chi connectivity index (χ1) is 4.38. The summed E-state index contributed by atoms with van der Waals surface area (Å²) in [6.45, 7) is 1.34. The lowest BCUT2D eigenvalue weighted by atomic mass is 10.1. The largest absolute Gasteiger partial charge is 0.373 e. The van der Waals surface area contributed by atoms with E-state index in [9.17, 15) is 0 Å². The Labute approximate surface area is 54.1 Å². The molecule has 0 aromatic rings. The van der Waals surface area contributed by atoms with E-state index in [2.05, 4.69) is 0 Å². The normalized spacial score (nSPS) is 49.7. The van der Waals surface area contributed by atoms with Crippen LogP contribution in [0.3, 0.4) is 0 Å². The van der Waals surface area contributed by atoms with Crippen LogP contribution in [0.15, 0.2) is 0 Å². The standard InChI is InChI=1S/C6H10NO2/c7-4-3-9-5-1-2-8-6(4)5/h1,4-6H,2-3,7H2/t4-,5-,6+/m0/s1. The van der Waals surface area contributed by atoms with Crippen molar-refractivity contribution in [3.8, 4) is 0 Å². The van der Waals surface area contributed by atoms with E-state index in [1.54, 1.807) is 0 Å². The highest BCUT2D eigenvalue weighted by molar-refractivity contribution is 5.00. The Bertz CT molecular complexity index is 118. The van der Waals surface area contributed by atoms with Gasteiger partial charge < -0.3 is 15.2 Å². The molecule has 3 nitrogen and oxygen atoms in total. The molecule has 2 fully saturated rings. The van der Waals surface area contributed by atoms with Crippen molar-refractivity contribution in [3.63, 3.8) is 0 Å². The quantitative estimate of drug-likeness (QED) is 0.470. The molecule has 9 heavy (non-hydrogen) atoms. The van der Waals surface area contributed by atoms with Gasteiger partial charge in [-0.05, 0) is 0 Å². The average molecular weight is 128 g/mol. The van der Waals surface area contributed by atoms with Gasteiger partial charge in [0.25, 0.3) is 0 Å². The predicted octanol–water partition coefficient (Wildman–Crippen LogP) is -0.684. The minimum atomic E-state index is 0.0914. The molecule has 2 heterocycles. The van der Waals surface area contributed by atoms with E-state index in [0.717, 1.165) is 0 Å². The second kappa shape index (κ2) is 1.94. The fourth-order valence-electron chi connectivity index (χ4n) is 1.34. The summed E-state index contributed by atoms with van der Waals surface area (Å²) < 4.78 is 10.6. The van der Waals surface area contributed by atoms with Crippen molar-refractivity contribution < 1.29 is 9.47 Å². The van der Waals surface area contributed by atoms with Gasteiger partial charge in [-0.25, -0.2) is 0 Å². The molecule has 0 aromatic carbocycles. The van der Waals surface area contributed by atoms with Gasteiger partial charge >= 0.3 is 0 Å². The molecule has 2 N–H and O–H groups in total. The third-order valence-electron chi connectivity index (χ3n) is 1.84. The Morgan fingerprint density at radius 3 is 3.11 bits per heavy atom. The van der Waals surface area contributed by atoms with Crippen molar-refractivity contribution in [1.29, 1.82) is 0 Å². The van der Waals surface area contributed by atoms with Crippen LogP contribution in [-0.4, -0.2) is 31.5 Å². The third kappa shape index (κ3) is 0.764. The van der Waals surface area contributed by atoms with E-state index in [-0.39, 0.29) is 18.2 Å². The molecule has 3 atom stereocenters. The second-order valence-electron chi connectivity index (χ2n) is 2.50. The molecule has 2 aliphatic rings. The van der Waals surface area contributed by atoms with Gasteiger partial charge in [0, 0.05) is 6.42 Å². The van der Waals surface area contributed by atoms with Crippen LogP contribution in [0.25, 0.3) is 0 Å². The van der Waals surface area contributed by atoms with Crippen molar-refractivity contribution in [2.24, 2.45) is 5.73 Å². The van der Waals surface area contributed by atoms with Crippen molar-refractivity contribution in [1.82, 2.24) is 0 Å². The van der Waals surface area contributed by atoms with Crippen LogP contribution in [0.5, 0.6) is 0 Å². The van der Waals surface area contributed by atoms with Crippen LogP contribution >= 0.6 is 0 Å². The lowest BCUT2D eigenvalue weighted by Crippen LogP contribution is -2.34. The van der Waals surface area contributed by atoms with Crippen LogP contribution in [0.4, 0.5) is 0 Å². The van der Waals surface area contributed by atoms with E-state index in [4.69, 9.17) is 15.2 Å². The lowest BCUT2D eigenvalue weighted by Gasteiger charge is -2.08. The van der Waals surface area contributed by atoms with Gasteiger partial charge in [-0.15, -0.1) is 0 Å². The topological polar surface area (TPSA) is 44.5 Å². The highest BCUT2D eigenvalue weighted by Gasteiger charge is 2.39. The Hall–Kier alpha value is -0.120. The van der Waals surface area contributed by atoms with Crippen LogP contribution < -0.4 is 5.73 Å². The summed E-state index contributed by atoms with van der Waals surface area (Å²) in [5.41, 5.74) is 5.65. The van der Waals surface area contributed by atoms with Crippen molar-refractivity contribution in [3.05, 3.63) is 6.42 Å². The summed E-state index contributed by atoms with van der Waals surface area (Å²) in [5.74, 6) is 0.